The first-order chi connectivity index (χ1) is 17.6. The Morgan fingerprint density at radius 3 is 2.47 bits per heavy atom. The molecule has 3 aromatic rings. The smallest absolute Gasteiger partial charge is 0.262 e. The third-order valence-corrected chi connectivity index (χ3v) is 6.50. The molecule has 3 aromatic carbocycles. The van der Waals surface area contributed by atoms with Gasteiger partial charge >= 0.3 is 0 Å². The zero-order valence-electron chi connectivity index (χ0n) is 20.3. The van der Waals surface area contributed by atoms with Gasteiger partial charge in [-0.2, -0.15) is 5.10 Å². The number of anilines is 1. The van der Waals surface area contributed by atoms with Gasteiger partial charge in [0.1, 0.15) is 11.5 Å². The Kier molecular flexibility index (Phi) is 6.58. The molecule has 8 heteroatoms. The van der Waals surface area contributed by atoms with Crippen molar-refractivity contribution in [3.8, 4) is 11.5 Å². The first-order valence-electron chi connectivity index (χ1n) is 11.9. The van der Waals surface area contributed by atoms with Crippen molar-refractivity contribution in [1.29, 1.82) is 0 Å². The lowest BCUT2D eigenvalue weighted by molar-refractivity contribution is -0.132. The SMILES string of the molecule is CNC(=O)C1CN(CC(=O)N2N=C(c3ccccc3)CC2c2ccc(OC)cc2)c2ccccc2O1. The molecule has 0 spiro atoms. The van der Waals surface area contributed by atoms with Gasteiger partial charge in [0.15, 0.2) is 6.10 Å². The zero-order chi connectivity index (χ0) is 25.1. The second kappa shape index (κ2) is 10.1. The van der Waals surface area contributed by atoms with Crippen molar-refractivity contribution in [1.82, 2.24) is 10.3 Å². The van der Waals surface area contributed by atoms with E-state index in [9.17, 15) is 9.59 Å². The molecule has 184 valence electrons. The third kappa shape index (κ3) is 4.62. The fourth-order valence-corrected chi connectivity index (χ4v) is 4.62. The van der Waals surface area contributed by atoms with Crippen molar-refractivity contribution in [2.75, 3.05) is 32.1 Å². The van der Waals surface area contributed by atoms with Gasteiger partial charge in [0, 0.05) is 13.5 Å². The van der Waals surface area contributed by atoms with Gasteiger partial charge in [-0.15, -0.1) is 0 Å². The number of nitrogens with one attached hydrogen (secondary N) is 1. The number of methoxy groups -OCH3 is 1. The van der Waals surface area contributed by atoms with Crippen molar-refractivity contribution in [3.63, 3.8) is 0 Å². The van der Waals surface area contributed by atoms with E-state index >= 15 is 0 Å². The fourth-order valence-electron chi connectivity index (χ4n) is 4.62. The summed E-state index contributed by atoms with van der Waals surface area (Å²) in [6.07, 6.45) is -0.111. The predicted octanol–water partition coefficient (Wildman–Crippen LogP) is 3.39. The molecular weight excluding hydrogens is 456 g/mol. The topological polar surface area (TPSA) is 83.5 Å². The average Bonchev–Trinajstić information content (AvgIpc) is 3.39. The van der Waals surface area contributed by atoms with Crippen molar-refractivity contribution in [2.45, 2.75) is 18.6 Å². The van der Waals surface area contributed by atoms with E-state index in [0.717, 1.165) is 28.3 Å². The Morgan fingerprint density at radius 1 is 1.03 bits per heavy atom. The second-order valence-corrected chi connectivity index (χ2v) is 8.71. The number of fused-ring (bicyclic) bond motifs is 1. The van der Waals surface area contributed by atoms with Crippen molar-refractivity contribution in [2.24, 2.45) is 5.10 Å². The minimum Gasteiger partial charge on any atom is -0.497 e. The van der Waals surface area contributed by atoms with Gasteiger partial charge in [-0.25, -0.2) is 5.01 Å². The summed E-state index contributed by atoms with van der Waals surface area (Å²) in [5, 5.41) is 9.00. The van der Waals surface area contributed by atoms with E-state index in [4.69, 9.17) is 14.6 Å². The third-order valence-electron chi connectivity index (χ3n) is 6.50. The minimum atomic E-state index is -0.711. The molecule has 2 aliphatic rings. The van der Waals surface area contributed by atoms with E-state index in [2.05, 4.69) is 5.32 Å². The van der Waals surface area contributed by atoms with Crippen molar-refractivity contribution in [3.05, 3.63) is 90.0 Å². The van der Waals surface area contributed by atoms with Crippen LogP contribution in [0.25, 0.3) is 0 Å². The van der Waals surface area contributed by atoms with Crippen molar-refractivity contribution >= 4 is 23.2 Å². The van der Waals surface area contributed by atoms with Crippen LogP contribution >= 0.6 is 0 Å². The Morgan fingerprint density at radius 2 is 1.75 bits per heavy atom. The first kappa shape index (κ1) is 23.4. The summed E-state index contributed by atoms with van der Waals surface area (Å²) in [6.45, 7) is 0.324. The number of para-hydroxylation sites is 2. The molecule has 0 aliphatic carbocycles. The monoisotopic (exact) mass is 484 g/mol. The summed E-state index contributed by atoms with van der Waals surface area (Å²) in [7, 11) is 3.20. The molecule has 2 heterocycles. The van der Waals surface area contributed by atoms with Crippen LogP contribution in [0.2, 0.25) is 0 Å². The largest absolute Gasteiger partial charge is 0.497 e. The number of hydrogen-bond acceptors (Lipinski definition) is 6. The predicted molar refractivity (Wildman–Crippen MR) is 137 cm³/mol. The molecule has 0 radical (unpaired) electrons. The molecule has 5 rings (SSSR count). The van der Waals surface area contributed by atoms with Crippen LogP contribution in [0.5, 0.6) is 11.5 Å². The van der Waals surface area contributed by atoms with Crippen molar-refractivity contribution < 1.29 is 19.1 Å². The number of ether oxygens (including phenoxy) is 2. The number of hydrazone groups is 1. The molecule has 2 aliphatic heterocycles. The maximum absolute atomic E-state index is 13.8. The van der Waals surface area contributed by atoms with Crippen LogP contribution in [0.4, 0.5) is 5.69 Å². The zero-order valence-corrected chi connectivity index (χ0v) is 20.3. The Balaban J connectivity index is 1.44. The van der Waals surface area contributed by atoms with Crippen LogP contribution in [0, 0.1) is 0 Å². The number of hydrogen-bond donors (Lipinski definition) is 1. The number of carbonyl (C=O) groups excluding carboxylic acids is 2. The van der Waals surface area contributed by atoms with E-state index < -0.39 is 6.10 Å². The molecule has 2 unspecified atom stereocenters. The number of benzene rings is 3. The quantitative estimate of drug-likeness (QED) is 0.580. The first-order valence-corrected chi connectivity index (χ1v) is 11.9. The highest BCUT2D eigenvalue weighted by molar-refractivity contribution is 6.03. The number of rotatable bonds is 6. The summed E-state index contributed by atoms with van der Waals surface area (Å²) in [5.41, 5.74) is 3.60. The van der Waals surface area contributed by atoms with Gasteiger partial charge in [0.05, 0.1) is 37.6 Å². The summed E-state index contributed by atoms with van der Waals surface area (Å²) in [6, 6.07) is 24.8. The Bertz CT molecular complexity index is 1280. The van der Waals surface area contributed by atoms with Crippen LogP contribution in [-0.4, -0.2) is 55.9 Å². The molecule has 0 aromatic heterocycles. The Labute approximate surface area is 210 Å². The highest BCUT2D eigenvalue weighted by atomic mass is 16.5. The van der Waals surface area contributed by atoms with Crippen LogP contribution in [-0.2, 0) is 9.59 Å². The maximum atomic E-state index is 13.8. The van der Waals surface area contributed by atoms with Crippen LogP contribution in [0.1, 0.15) is 23.6 Å². The number of carbonyl (C=O) groups is 2. The van der Waals surface area contributed by atoms with Gasteiger partial charge < -0.3 is 19.7 Å². The normalized spacial score (nSPS) is 18.7. The standard InChI is InChI=1S/C28H28N4O4/c1-29-28(34)26-17-31(23-10-6-7-11-25(23)36-26)18-27(33)32-24(20-12-14-21(35-2)15-13-20)16-22(30-32)19-8-4-3-5-9-19/h3-15,24,26H,16-18H2,1-2H3,(H,29,34). The number of nitrogens with zero attached hydrogens (tertiary/aromatic N) is 3. The van der Waals surface area contributed by atoms with Gasteiger partial charge in [0.2, 0.25) is 0 Å². The van der Waals surface area contributed by atoms with E-state index in [1.165, 1.54) is 0 Å². The van der Waals surface area contributed by atoms with Crippen LogP contribution in [0.3, 0.4) is 0 Å². The Hall–Kier alpha value is -4.33. The maximum Gasteiger partial charge on any atom is 0.262 e. The van der Waals surface area contributed by atoms with E-state index in [1.54, 1.807) is 19.2 Å². The number of likely N-dealkylation sites (N-methyl/N-ethyl adjacent to an activating group) is 1. The lowest BCUT2D eigenvalue weighted by atomic mass is 9.98. The summed E-state index contributed by atoms with van der Waals surface area (Å²) in [4.78, 5) is 28.0. The van der Waals surface area contributed by atoms with Gasteiger partial charge in [-0.3, -0.25) is 9.59 Å². The van der Waals surface area contributed by atoms with Gasteiger partial charge in [-0.1, -0.05) is 54.6 Å². The van der Waals surface area contributed by atoms with E-state index in [-0.39, 0.29) is 30.9 Å². The highest BCUT2D eigenvalue weighted by Gasteiger charge is 2.36. The van der Waals surface area contributed by atoms with E-state index in [0.29, 0.717) is 12.2 Å². The van der Waals surface area contributed by atoms with Crippen LogP contribution in [0.15, 0.2) is 84.0 Å². The second-order valence-electron chi connectivity index (χ2n) is 8.71. The fraction of sp³-hybridized carbons (Fsp3) is 0.250. The molecule has 0 fully saturated rings. The average molecular weight is 485 g/mol. The molecule has 1 N–H and O–H groups in total. The molecule has 2 amide bonds. The highest BCUT2D eigenvalue weighted by Crippen LogP contribution is 2.36. The van der Waals surface area contributed by atoms with Gasteiger partial charge in [-0.05, 0) is 35.4 Å². The molecule has 0 saturated carbocycles. The van der Waals surface area contributed by atoms with Crippen LogP contribution < -0.4 is 19.7 Å². The molecule has 2 atom stereocenters. The lowest BCUT2D eigenvalue weighted by Crippen LogP contribution is -2.50. The summed E-state index contributed by atoms with van der Waals surface area (Å²) in [5.74, 6) is 0.938. The minimum absolute atomic E-state index is 0.0616. The molecule has 0 bridgehead atoms. The molecule has 8 nitrogen and oxygen atoms in total. The molecular formula is C28H28N4O4. The summed E-state index contributed by atoms with van der Waals surface area (Å²) >= 11 is 0. The molecule has 36 heavy (non-hydrogen) atoms. The number of amides is 2. The van der Waals surface area contributed by atoms with Gasteiger partial charge in [0.25, 0.3) is 11.8 Å². The van der Waals surface area contributed by atoms with E-state index in [1.807, 2.05) is 83.8 Å². The lowest BCUT2D eigenvalue weighted by Gasteiger charge is -2.36. The summed E-state index contributed by atoms with van der Waals surface area (Å²) < 4.78 is 11.2. The molecule has 0 saturated heterocycles.